The Kier molecular flexibility index (Phi) is 4.33. The van der Waals surface area contributed by atoms with Gasteiger partial charge in [0.25, 0.3) is 0 Å². The molecule has 0 aliphatic carbocycles. The van der Waals surface area contributed by atoms with Crippen LogP contribution in [0.15, 0.2) is 0 Å². The minimum Gasteiger partial charge on any atom is -0.472 e. The van der Waals surface area contributed by atoms with Crippen molar-refractivity contribution in [2.75, 3.05) is 6.61 Å². The van der Waals surface area contributed by atoms with Crippen LogP contribution in [0.4, 0.5) is 0 Å². The lowest BCUT2D eigenvalue weighted by Crippen LogP contribution is -2.04. The molecule has 0 radical (unpaired) electrons. The van der Waals surface area contributed by atoms with Crippen molar-refractivity contribution in [3.05, 3.63) is 0 Å². The first-order valence-corrected chi connectivity index (χ1v) is 4.54. The molecule has 0 bridgehead atoms. The number of aliphatic carboxylic acids is 1. The van der Waals surface area contributed by atoms with Crippen LogP contribution in [0.3, 0.4) is 0 Å². The third-order valence-corrected chi connectivity index (χ3v) is 1.55. The molecule has 0 amide bonds. The van der Waals surface area contributed by atoms with Crippen LogP contribution in [0.25, 0.3) is 0 Å². The summed E-state index contributed by atoms with van der Waals surface area (Å²) >= 11 is 0. The zero-order chi connectivity index (χ0) is 9.61. The Labute approximate surface area is 70.5 Å². The fraction of sp³-hybridized carbons (Fsp3) is 0.500. The summed E-state index contributed by atoms with van der Waals surface area (Å²) in [4.78, 5) is 9.83. The summed E-state index contributed by atoms with van der Waals surface area (Å²) in [6.07, 6.45) is 0.522. The molecular formula is C6H8O5S. The lowest BCUT2D eigenvalue weighted by molar-refractivity contribution is -0.130. The van der Waals surface area contributed by atoms with Gasteiger partial charge in [-0.1, -0.05) is 6.92 Å². The highest BCUT2D eigenvalue weighted by molar-refractivity contribution is 7.91. The van der Waals surface area contributed by atoms with Crippen LogP contribution in [0.1, 0.15) is 13.3 Å². The topological polar surface area (TPSA) is 80.7 Å². The van der Waals surface area contributed by atoms with Crippen molar-refractivity contribution in [1.82, 2.24) is 0 Å². The number of hydrogen-bond acceptors (Lipinski definition) is 4. The van der Waals surface area contributed by atoms with E-state index in [2.05, 4.69) is 4.18 Å². The standard InChI is InChI=1S/C6H8O5S/c1-2-4-11-12(9,10)5-3-6(7)8/h2,4H2,1H3,(H,7,8). The van der Waals surface area contributed by atoms with Gasteiger partial charge < -0.3 is 5.11 Å². The fourth-order valence-corrected chi connectivity index (χ4v) is 0.986. The Morgan fingerprint density at radius 3 is 2.58 bits per heavy atom. The van der Waals surface area contributed by atoms with Crippen molar-refractivity contribution < 1.29 is 22.5 Å². The number of carboxylic acid groups (broad SMARTS) is 1. The van der Waals surface area contributed by atoms with Gasteiger partial charge in [-0.3, -0.25) is 4.18 Å². The molecule has 0 fully saturated rings. The van der Waals surface area contributed by atoms with E-state index in [4.69, 9.17) is 5.11 Å². The molecule has 6 heteroatoms. The molecule has 0 aromatic heterocycles. The van der Waals surface area contributed by atoms with Gasteiger partial charge >= 0.3 is 16.1 Å². The third-order valence-electron chi connectivity index (χ3n) is 0.726. The second-order valence-electron chi connectivity index (χ2n) is 1.81. The molecule has 1 N–H and O–H groups in total. The molecule has 68 valence electrons. The van der Waals surface area contributed by atoms with E-state index < -0.39 is 16.1 Å². The van der Waals surface area contributed by atoms with E-state index >= 15 is 0 Å². The van der Waals surface area contributed by atoms with Crippen LogP contribution >= 0.6 is 0 Å². The van der Waals surface area contributed by atoms with Gasteiger partial charge in [0, 0.05) is 5.92 Å². The van der Waals surface area contributed by atoms with Crippen LogP contribution in [0.2, 0.25) is 0 Å². The largest absolute Gasteiger partial charge is 0.472 e. The summed E-state index contributed by atoms with van der Waals surface area (Å²) < 4.78 is 25.5. The summed E-state index contributed by atoms with van der Waals surface area (Å²) in [6, 6.07) is 0. The predicted octanol–water partition coefficient (Wildman–Crippen LogP) is -0.212. The van der Waals surface area contributed by atoms with Crippen molar-refractivity contribution in [2.45, 2.75) is 13.3 Å². The van der Waals surface area contributed by atoms with E-state index in [1.807, 2.05) is 0 Å². The average Bonchev–Trinajstić information content (AvgIpc) is 1.98. The molecule has 0 aromatic rings. The van der Waals surface area contributed by atoms with E-state index in [0.717, 1.165) is 0 Å². The number of hydrogen-bond donors (Lipinski definition) is 1. The van der Waals surface area contributed by atoms with Gasteiger partial charge in [-0.15, -0.1) is 0 Å². The van der Waals surface area contributed by atoms with Crippen LogP contribution in [-0.2, 0) is 19.1 Å². The quantitative estimate of drug-likeness (QED) is 0.494. The highest BCUT2D eigenvalue weighted by Gasteiger charge is 2.04. The Hall–Kier alpha value is -1.06. The fourth-order valence-electron chi connectivity index (χ4n) is 0.329. The lowest BCUT2D eigenvalue weighted by Gasteiger charge is -1.93. The Morgan fingerprint density at radius 1 is 1.58 bits per heavy atom. The first-order chi connectivity index (χ1) is 5.48. The molecule has 0 aliphatic heterocycles. The third kappa shape index (κ3) is 5.70. The summed E-state index contributed by atoms with van der Waals surface area (Å²) in [6.45, 7) is 1.73. The maximum Gasteiger partial charge on any atom is 0.383 e. The van der Waals surface area contributed by atoms with Crippen LogP contribution < -0.4 is 0 Å². The summed E-state index contributed by atoms with van der Waals surface area (Å²) in [5.74, 6) is -0.0529. The zero-order valence-electron chi connectivity index (χ0n) is 6.40. The van der Waals surface area contributed by atoms with E-state index in [1.54, 1.807) is 6.92 Å². The first-order valence-electron chi connectivity index (χ1n) is 3.13. The zero-order valence-corrected chi connectivity index (χ0v) is 7.22. The van der Waals surface area contributed by atoms with Gasteiger partial charge in [-0.05, 0) is 6.42 Å². The van der Waals surface area contributed by atoms with Gasteiger partial charge in [-0.25, -0.2) is 4.79 Å². The SMILES string of the molecule is CCCOS(=O)(=O)C#CC(=O)O. The molecule has 0 spiro atoms. The van der Waals surface area contributed by atoms with Crippen LogP contribution in [0, 0.1) is 11.2 Å². The number of rotatable bonds is 3. The van der Waals surface area contributed by atoms with Crippen molar-refractivity contribution >= 4 is 16.1 Å². The summed E-state index contributed by atoms with van der Waals surface area (Å²) in [5, 5.41) is 9.50. The Morgan fingerprint density at radius 2 is 2.17 bits per heavy atom. The van der Waals surface area contributed by atoms with Crippen molar-refractivity contribution in [1.29, 1.82) is 0 Å². The van der Waals surface area contributed by atoms with Gasteiger partial charge in [0.05, 0.1) is 11.9 Å². The molecule has 0 heterocycles. The second-order valence-corrected chi connectivity index (χ2v) is 3.16. The highest BCUT2D eigenvalue weighted by atomic mass is 32.2. The molecule has 0 saturated carbocycles. The maximum absolute atomic E-state index is 10.6. The molecule has 5 nitrogen and oxygen atoms in total. The normalized spacial score (nSPS) is 10.1. The van der Waals surface area contributed by atoms with Crippen molar-refractivity contribution in [2.24, 2.45) is 0 Å². The molecule has 12 heavy (non-hydrogen) atoms. The van der Waals surface area contributed by atoms with Gasteiger partial charge in [0.1, 0.15) is 0 Å². The van der Waals surface area contributed by atoms with Crippen molar-refractivity contribution in [3.8, 4) is 11.2 Å². The Bertz CT molecular complexity index is 305. The smallest absolute Gasteiger partial charge is 0.383 e. The molecule has 0 atom stereocenters. The molecule has 0 aliphatic rings. The van der Waals surface area contributed by atoms with Crippen LogP contribution in [0.5, 0.6) is 0 Å². The second kappa shape index (κ2) is 4.74. The molecule has 0 saturated heterocycles. The Balaban J connectivity index is 4.27. The van der Waals surface area contributed by atoms with Crippen LogP contribution in [-0.4, -0.2) is 26.1 Å². The van der Waals surface area contributed by atoms with Crippen molar-refractivity contribution in [3.63, 3.8) is 0 Å². The van der Waals surface area contributed by atoms with Gasteiger partial charge in [-0.2, -0.15) is 8.42 Å². The number of carboxylic acids is 1. The highest BCUT2D eigenvalue weighted by Crippen LogP contribution is 1.91. The summed E-state index contributed by atoms with van der Waals surface area (Å²) in [7, 11) is -3.98. The monoisotopic (exact) mass is 192 g/mol. The lowest BCUT2D eigenvalue weighted by atomic mass is 10.5. The predicted molar refractivity (Wildman–Crippen MR) is 40.6 cm³/mol. The van der Waals surface area contributed by atoms with E-state index in [0.29, 0.717) is 6.42 Å². The molecule has 0 rings (SSSR count). The van der Waals surface area contributed by atoms with Gasteiger partial charge in [0.2, 0.25) is 0 Å². The minimum absolute atomic E-state index is 0.0105. The average molecular weight is 192 g/mol. The summed E-state index contributed by atoms with van der Waals surface area (Å²) in [5.41, 5.74) is 0. The van der Waals surface area contributed by atoms with Gasteiger partial charge in [0.15, 0.2) is 0 Å². The maximum atomic E-state index is 10.6. The van der Waals surface area contributed by atoms with E-state index in [9.17, 15) is 13.2 Å². The van der Waals surface area contributed by atoms with E-state index in [-0.39, 0.29) is 6.61 Å². The number of carbonyl (C=O) groups is 1. The molecule has 0 aromatic carbocycles. The minimum atomic E-state index is -3.98. The molecular weight excluding hydrogens is 184 g/mol. The van der Waals surface area contributed by atoms with E-state index in [1.165, 1.54) is 11.2 Å². The first kappa shape index (κ1) is 10.9. The molecule has 0 unspecified atom stereocenters.